The zero-order valence-corrected chi connectivity index (χ0v) is 13.3. The highest BCUT2D eigenvalue weighted by molar-refractivity contribution is 5.80. The maximum absolute atomic E-state index is 5.46. The minimum absolute atomic E-state index is 0.815. The number of aliphatic imine (C=N–C) groups is 1. The molecule has 1 aromatic carbocycles. The molecule has 0 unspecified atom stereocenters. The van der Waals surface area contributed by atoms with Gasteiger partial charge in [0.2, 0.25) is 0 Å². The van der Waals surface area contributed by atoms with Crippen molar-refractivity contribution < 1.29 is 4.74 Å². The number of methoxy groups -OCH3 is 1. The fourth-order valence-corrected chi connectivity index (χ4v) is 2.63. The number of rotatable bonds is 4. The second-order valence-electron chi connectivity index (χ2n) is 4.97. The average molecular weight is 290 g/mol. The molecule has 1 heterocycles. The van der Waals surface area contributed by atoms with Crippen molar-refractivity contribution >= 4 is 11.6 Å². The predicted octanol–water partition coefficient (Wildman–Crippen LogP) is 1.80. The van der Waals surface area contributed by atoms with Gasteiger partial charge in [-0.1, -0.05) is 12.1 Å². The van der Waals surface area contributed by atoms with Crippen LogP contribution in [0.4, 0.5) is 5.69 Å². The zero-order valence-electron chi connectivity index (χ0n) is 13.3. The van der Waals surface area contributed by atoms with Crippen LogP contribution in [0.2, 0.25) is 0 Å². The first-order valence-electron chi connectivity index (χ1n) is 7.71. The van der Waals surface area contributed by atoms with E-state index in [9.17, 15) is 0 Å². The molecule has 1 aliphatic heterocycles. The number of piperazine rings is 1. The van der Waals surface area contributed by atoms with Crippen LogP contribution in [0.1, 0.15) is 13.8 Å². The maximum Gasteiger partial charge on any atom is 0.194 e. The van der Waals surface area contributed by atoms with Crippen LogP contribution in [0, 0.1) is 0 Å². The third kappa shape index (κ3) is 3.80. The van der Waals surface area contributed by atoms with Gasteiger partial charge in [-0.15, -0.1) is 0 Å². The lowest BCUT2D eigenvalue weighted by Gasteiger charge is -2.38. The fraction of sp³-hybridized carbons (Fsp3) is 0.562. The molecule has 0 spiro atoms. The molecule has 1 aromatic rings. The van der Waals surface area contributed by atoms with Gasteiger partial charge in [0, 0.05) is 39.3 Å². The molecule has 1 fully saturated rings. The van der Waals surface area contributed by atoms with Crippen LogP contribution in [-0.4, -0.2) is 57.2 Å². The number of nitrogens with one attached hydrogen (secondary N) is 1. The van der Waals surface area contributed by atoms with Gasteiger partial charge in [0.1, 0.15) is 5.75 Å². The molecule has 0 aromatic heterocycles. The van der Waals surface area contributed by atoms with Gasteiger partial charge in [-0.3, -0.25) is 4.99 Å². The summed E-state index contributed by atoms with van der Waals surface area (Å²) in [6.45, 7) is 9.82. The summed E-state index contributed by atoms with van der Waals surface area (Å²) < 4.78 is 5.46. The minimum atomic E-state index is 0.815. The Hall–Kier alpha value is -1.91. The van der Waals surface area contributed by atoms with Crippen molar-refractivity contribution in [2.75, 3.05) is 51.3 Å². The molecule has 5 nitrogen and oxygen atoms in total. The molecule has 1 N–H and O–H groups in total. The van der Waals surface area contributed by atoms with E-state index in [1.165, 1.54) is 5.69 Å². The lowest BCUT2D eigenvalue weighted by atomic mass is 10.2. The molecule has 1 aliphatic rings. The van der Waals surface area contributed by atoms with E-state index < -0.39 is 0 Å². The number of nitrogens with zero attached hydrogens (tertiary/aromatic N) is 3. The highest BCUT2D eigenvalue weighted by Crippen LogP contribution is 2.28. The molecule has 0 amide bonds. The van der Waals surface area contributed by atoms with Crippen molar-refractivity contribution in [2.45, 2.75) is 13.8 Å². The van der Waals surface area contributed by atoms with Crippen LogP contribution in [-0.2, 0) is 0 Å². The van der Waals surface area contributed by atoms with Crippen molar-refractivity contribution in [2.24, 2.45) is 4.99 Å². The normalized spacial score (nSPS) is 16.0. The Labute approximate surface area is 127 Å². The monoisotopic (exact) mass is 290 g/mol. The highest BCUT2D eigenvalue weighted by atomic mass is 16.5. The van der Waals surface area contributed by atoms with Crippen LogP contribution in [0.25, 0.3) is 0 Å². The van der Waals surface area contributed by atoms with Crippen LogP contribution < -0.4 is 15.0 Å². The van der Waals surface area contributed by atoms with E-state index in [2.05, 4.69) is 46.1 Å². The van der Waals surface area contributed by atoms with E-state index >= 15 is 0 Å². The standard InChI is InChI=1S/C16H26N4O/c1-4-17-16(18-5-2)20-12-10-19(11-13-20)14-8-6-7-9-15(14)21-3/h6-9H,4-5,10-13H2,1-3H3,(H,17,18). The van der Waals surface area contributed by atoms with Crippen molar-refractivity contribution in [1.29, 1.82) is 0 Å². The van der Waals surface area contributed by atoms with Crippen LogP contribution >= 0.6 is 0 Å². The van der Waals surface area contributed by atoms with Crippen molar-refractivity contribution in [3.05, 3.63) is 24.3 Å². The number of anilines is 1. The van der Waals surface area contributed by atoms with E-state index in [-0.39, 0.29) is 0 Å². The number of benzene rings is 1. The molecule has 116 valence electrons. The summed E-state index contributed by atoms with van der Waals surface area (Å²) in [7, 11) is 1.73. The smallest absolute Gasteiger partial charge is 0.194 e. The highest BCUT2D eigenvalue weighted by Gasteiger charge is 2.21. The summed E-state index contributed by atoms with van der Waals surface area (Å²) >= 11 is 0. The lowest BCUT2D eigenvalue weighted by molar-refractivity contribution is 0.367. The first-order chi connectivity index (χ1) is 10.3. The summed E-state index contributed by atoms with van der Waals surface area (Å²) in [6, 6.07) is 8.22. The van der Waals surface area contributed by atoms with Crippen molar-refractivity contribution in [1.82, 2.24) is 10.2 Å². The Morgan fingerprint density at radius 2 is 1.90 bits per heavy atom. The summed E-state index contributed by atoms with van der Waals surface area (Å²) in [5, 5.41) is 3.36. The first-order valence-corrected chi connectivity index (χ1v) is 7.71. The Morgan fingerprint density at radius 3 is 2.52 bits per heavy atom. The third-order valence-electron chi connectivity index (χ3n) is 3.65. The minimum Gasteiger partial charge on any atom is -0.495 e. The van der Waals surface area contributed by atoms with Crippen LogP contribution in [0.15, 0.2) is 29.3 Å². The third-order valence-corrected chi connectivity index (χ3v) is 3.65. The van der Waals surface area contributed by atoms with Gasteiger partial charge in [-0.2, -0.15) is 0 Å². The number of hydrogen-bond acceptors (Lipinski definition) is 3. The molecule has 2 rings (SSSR count). The summed E-state index contributed by atoms with van der Waals surface area (Å²) in [6.07, 6.45) is 0. The van der Waals surface area contributed by atoms with Gasteiger partial charge in [0.05, 0.1) is 12.8 Å². The van der Waals surface area contributed by atoms with Gasteiger partial charge in [0.25, 0.3) is 0 Å². The average Bonchev–Trinajstić information content (AvgIpc) is 2.55. The van der Waals surface area contributed by atoms with Crippen molar-refractivity contribution in [3.63, 3.8) is 0 Å². The van der Waals surface area contributed by atoms with E-state index in [1.54, 1.807) is 7.11 Å². The molecular weight excluding hydrogens is 264 g/mol. The molecule has 0 saturated carbocycles. The van der Waals surface area contributed by atoms with E-state index in [1.807, 2.05) is 12.1 Å². The molecule has 0 radical (unpaired) electrons. The lowest BCUT2D eigenvalue weighted by Crippen LogP contribution is -2.52. The Balaban J connectivity index is 2.01. The number of guanidine groups is 1. The summed E-state index contributed by atoms with van der Waals surface area (Å²) in [5.41, 5.74) is 1.18. The van der Waals surface area contributed by atoms with E-state index in [4.69, 9.17) is 4.74 Å². The van der Waals surface area contributed by atoms with Gasteiger partial charge < -0.3 is 19.9 Å². The fourth-order valence-electron chi connectivity index (χ4n) is 2.63. The zero-order chi connectivity index (χ0) is 15.1. The molecule has 0 aliphatic carbocycles. The van der Waals surface area contributed by atoms with Gasteiger partial charge in [0.15, 0.2) is 5.96 Å². The number of hydrogen-bond donors (Lipinski definition) is 1. The second-order valence-corrected chi connectivity index (χ2v) is 4.97. The molecule has 1 saturated heterocycles. The second kappa shape index (κ2) is 7.76. The van der Waals surface area contributed by atoms with Crippen LogP contribution in [0.5, 0.6) is 5.75 Å². The molecule has 0 bridgehead atoms. The molecule has 0 atom stereocenters. The quantitative estimate of drug-likeness (QED) is 0.678. The number of ether oxygens (including phenoxy) is 1. The number of para-hydroxylation sites is 2. The Bertz CT molecular complexity index is 467. The SMILES string of the molecule is CCN=C(NCC)N1CCN(c2ccccc2OC)CC1. The van der Waals surface area contributed by atoms with Crippen LogP contribution in [0.3, 0.4) is 0 Å². The maximum atomic E-state index is 5.46. The first kappa shape index (κ1) is 15.5. The predicted molar refractivity (Wildman–Crippen MR) is 88.4 cm³/mol. The summed E-state index contributed by atoms with van der Waals surface area (Å²) in [5.74, 6) is 1.97. The Morgan fingerprint density at radius 1 is 1.19 bits per heavy atom. The molecular formula is C16H26N4O. The van der Waals surface area contributed by atoms with E-state index in [0.29, 0.717) is 0 Å². The summed E-state index contributed by atoms with van der Waals surface area (Å²) in [4.78, 5) is 9.27. The van der Waals surface area contributed by atoms with Gasteiger partial charge in [-0.05, 0) is 26.0 Å². The van der Waals surface area contributed by atoms with E-state index in [0.717, 1.165) is 51.0 Å². The largest absolute Gasteiger partial charge is 0.495 e. The van der Waals surface area contributed by atoms with Gasteiger partial charge >= 0.3 is 0 Å². The molecule has 5 heteroatoms. The molecule has 21 heavy (non-hydrogen) atoms. The topological polar surface area (TPSA) is 40.1 Å². The van der Waals surface area contributed by atoms with Gasteiger partial charge in [-0.25, -0.2) is 0 Å². The van der Waals surface area contributed by atoms with Crippen molar-refractivity contribution in [3.8, 4) is 5.75 Å². The Kier molecular flexibility index (Phi) is 5.72.